The number of hydrogen-bond acceptors (Lipinski definition) is 4. The van der Waals surface area contributed by atoms with Crippen molar-refractivity contribution in [2.24, 2.45) is 0 Å². The summed E-state index contributed by atoms with van der Waals surface area (Å²) in [6.07, 6.45) is 0.806. The zero-order valence-corrected chi connectivity index (χ0v) is 13.1. The molecule has 6 nitrogen and oxygen atoms in total. The predicted molar refractivity (Wildman–Crippen MR) is 86.4 cm³/mol. The van der Waals surface area contributed by atoms with E-state index in [9.17, 15) is 15.0 Å². The molecule has 0 aliphatic carbocycles. The van der Waals surface area contributed by atoms with Gasteiger partial charge in [0.2, 0.25) is 0 Å². The Morgan fingerprint density at radius 3 is 3.00 bits per heavy atom. The maximum absolute atomic E-state index is 11.6. The number of benzene rings is 1. The highest BCUT2D eigenvalue weighted by molar-refractivity contribution is 5.81. The minimum Gasteiger partial charge on any atom is -0.480 e. The molecule has 0 unspecified atom stereocenters. The lowest BCUT2D eigenvalue weighted by Gasteiger charge is -2.38. The smallest absolute Gasteiger partial charge is 0.321 e. The molecular weight excluding hydrogens is 296 g/mol. The Hall–Kier alpha value is -1.89. The molecule has 1 aromatic heterocycles. The number of aliphatic hydroxyl groups is 1. The van der Waals surface area contributed by atoms with Crippen molar-refractivity contribution < 1.29 is 19.7 Å². The second-order valence-corrected chi connectivity index (χ2v) is 6.38. The molecule has 6 heteroatoms. The van der Waals surface area contributed by atoms with Crippen molar-refractivity contribution in [1.29, 1.82) is 0 Å². The van der Waals surface area contributed by atoms with E-state index < -0.39 is 23.7 Å². The first-order valence-corrected chi connectivity index (χ1v) is 7.81. The lowest BCUT2D eigenvalue weighted by atomic mass is 9.90. The number of carboxylic acid groups (broad SMARTS) is 1. The number of fused-ring (bicyclic) bond motifs is 1. The summed E-state index contributed by atoms with van der Waals surface area (Å²) < 4.78 is 5.37. The van der Waals surface area contributed by atoms with Gasteiger partial charge in [-0.05, 0) is 24.4 Å². The number of para-hydroxylation sites is 1. The summed E-state index contributed by atoms with van der Waals surface area (Å²) in [4.78, 5) is 14.8. The van der Waals surface area contributed by atoms with Gasteiger partial charge in [-0.25, -0.2) is 0 Å². The Bertz CT molecular complexity index is 662. The molecular formula is C17H22N2O4. The van der Waals surface area contributed by atoms with Crippen LogP contribution in [0, 0.1) is 0 Å². The van der Waals surface area contributed by atoms with Crippen molar-refractivity contribution in [3.8, 4) is 0 Å². The molecule has 0 amide bonds. The van der Waals surface area contributed by atoms with Crippen molar-refractivity contribution >= 4 is 16.9 Å². The number of aromatic amines is 1. The molecule has 23 heavy (non-hydrogen) atoms. The summed E-state index contributed by atoms with van der Waals surface area (Å²) >= 11 is 0. The molecule has 1 aromatic carbocycles. The summed E-state index contributed by atoms with van der Waals surface area (Å²) in [5.74, 6) is -0.940. The number of ether oxygens (including phenoxy) is 1. The van der Waals surface area contributed by atoms with E-state index in [1.165, 1.54) is 0 Å². The van der Waals surface area contributed by atoms with Crippen LogP contribution in [0.5, 0.6) is 0 Å². The van der Waals surface area contributed by atoms with Crippen molar-refractivity contribution in [2.45, 2.75) is 37.5 Å². The van der Waals surface area contributed by atoms with Gasteiger partial charge >= 0.3 is 5.97 Å². The van der Waals surface area contributed by atoms with Crippen LogP contribution in [0.2, 0.25) is 0 Å². The third kappa shape index (κ3) is 3.55. The first-order valence-electron chi connectivity index (χ1n) is 7.81. The zero-order valence-electron chi connectivity index (χ0n) is 13.1. The van der Waals surface area contributed by atoms with Crippen LogP contribution in [-0.2, 0) is 16.0 Å². The minimum absolute atomic E-state index is 0.309. The quantitative estimate of drug-likeness (QED) is 0.666. The number of aromatic nitrogens is 1. The first-order chi connectivity index (χ1) is 11.0. The van der Waals surface area contributed by atoms with Gasteiger partial charge in [0.1, 0.15) is 6.04 Å². The van der Waals surface area contributed by atoms with E-state index in [-0.39, 0.29) is 0 Å². The molecule has 3 atom stereocenters. The van der Waals surface area contributed by atoms with Crippen molar-refractivity contribution in [2.75, 3.05) is 13.2 Å². The maximum atomic E-state index is 11.6. The van der Waals surface area contributed by atoms with E-state index in [0.29, 0.717) is 26.1 Å². The van der Waals surface area contributed by atoms with E-state index in [1.807, 2.05) is 30.3 Å². The van der Waals surface area contributed by atoms with Crippen molar-refractivity contribution in [1.82, 2.24) is 10.3 Å². The number of rotatable bonds is 5. The van der Waals surface area contributed by atoms with Crippen LogP contribution in [0.4, 0.5) is 0 Å². The monoisotopic (exact) mass is 318 g/mol. The van der Waals surface area contributed by atoms with Gasteiger partial charge in [-0.15, -0.1) is 0 Å². The molecule has 1 fully saturated rings. The number of carboxylic acids is 1. The lowest BCUT2D eigenvalue weighted by molar-refractivity contribution is -0.141. The molecule has 1 aliphatic rings. The molecule has 2 aromatic rings. The molecule has 1 saturated heterocycles. The van der Waals surface area contributed by atoms with E-state index >= 15 is 0 Å². The van der Waals surface area contributed by atoms with Crippen LogP contribution < -0.4 is 5.32 Å². The Kier molecular flexibility index (Phi) is 4.39. The van der Waals surface area contributed by atoms with E-state index in [0.717, 1.165) is 16.6 Å². The second-order valence-electron chi connectivity index (χ2n) is 6.38. The highest BCUT2D eigenvalue weighted by Crippen LogP contribution is 2.21. The average molecular weight is 318 g/mol. The fourth-order valence-electron chi connectivity index (χ4n) is 2.99. The molecule has 3 rings (SSSR count). The maximum Gasteiger partial charge on any atom is 0.321 e. The van der Waals surface area contributed by atoms with Gasteiger partial charge < -0.3 is 19.9 Å². The normalized spacial score (nSPS) is 26.3. The lowest BCUT2D eigenvalue weighted by Crippen LogP contribution is -2.59. The highest BCUT2D eigenvalue weighted by atomic mass is 16.5. The molecule has 2 heterocycles. The van der Waals surface area contributed by atoms with Gasteiger partial charge in [-0.3, -0.25) is 10.1 Å². The number of hydrogen-bond donors (Lipinski definition) is 4. The topological polar surface area (TPSA) is 94.6 Å². The SMILES string of the molecule is C[C@]1(O)CCOC[C@H]1N[C@@H](Cc1cc2ccccc2[nH]1)C(=O)O. The summed E-state index contributed by atoms with van der Waals surface area (Å²) in [6.45, 7) is 2.52. The fraction of sp³-hybridized carbons (Fsp3) is 0.471. The van der Waals surface area contributed by atoms with E-state index in [2.05, 4.69) is 10.3 Å². The van der Waals surface area contributed by atoms with Crippen LogP contribution in [-0.4, -0.2) is 52.1 Å². The van der Waals surface area contributed by atoms with Crippen molar-refractivity contribution in [3.05, 3.63) is 36.0 Å². The van der Waals surface area contributed by atoms with Gasteiger partial charge in [0, 0.05) is 30.7 Å². The summed E-state index contributed by atoms with van der Waals surface area (Å²) in [5, 5.41) is 24.0. The Morgan fingerprint density at radius 1 is 1.52 bits per heavy atom. The Balaban J connectivity index is 1.75. The summed E-state index contributed by atoms with van der Waals surface area (Å²) in [6, 6.07) is 8.60. The van der Waals surface area contributed by atoms with Gasteiger partial charge in [0.25, 0.3) is 0 Å². The van der Waals surface area contributed by atoms with Gasteiger partial charge in [0.05, 0.1) is 18.2 Å². The molecule has 1 aliphatic heterocycles. The molecule has 0 saturated carbocycles. The number of carbonyl (C=O) groups is 1. The molecule has 4 N–H and O–H groups in total. The van der Waals surface area contributed by atoms with Gasteiger partial charge in [-0.1, -0.05) is 18.2 Å². The van der Waals surface area contributed by atoms with Crippen LogP contribution >= 0.6 is 0 Å². The zero-order chi connectivity index (χ0) is 16.4. The second kappa shape index (κ2) is 6.31. The highest BCUT2D eigenvalue weighted by Gasteiger charge is 2.37. The average Bonchev–Trinajstić information content (AvgIpc) is 2.90. The standard InChI is InChI=1S/C17H22N2O4/c1-17(22)6-7-23-10-15(17)19-14(16(20)21)9-12-8-11-4-2-3-5-13(11)18-12/h2-5,8,14-15,18-19,22H,6-7,9-10H2,1H3,(H,20,21)/t14-,15+,17-/m0/s1. The van der Waals surface area contributed by atoms with Crippen LogP contribution in [0.15, 0.2) is 30.3 Å². The molecule has 124 valence electrons. The Labute approximate surface area is 134 Å². The molecule has 0 bridgehead atoms. The molecule has 0 radical (unpaired) electrons. The van der Waals surface area contributed by atoms with Gasteiger partial charge in [-0.2, -0.15) is 0 Å². The van der Waals surface area contributed by atoms with Crippen LogP contribution in [0.1, 0.15) is 19.0 Å². The first kappa shape index (κ1) is 16.0. The number of nitrogens with one attached hydrogen (secondary N) is 2. The predicted octanol–water partition coefficient (Wildman–Crippen LogP) is 1.29. The molecule has 0 spiro atoms. The van der Waals surface area contributed by atoms with Crippen LogP contribution in [0.25, 0.3) is 10.9 Å². The number of H-pyrrole nitrogens is 1. The third-order valence-electron chi connectivity index (χ3n) is 4.50. The number of aliphatic carboxylic acids is 1. The third-order valence-corrected chi connectivity index (χ3v) is 4.50. The van der Waals surface area contributed by atoms with Crippen molar-refractivity contribution in [3.63, 3.8) is 0 Å². The minimum atomic E-state index is -0.966. The van der Waals surface area contributed by atoms with E-state index in [4.69, 9.17) is 4.74 Å². The Morgan fingerprint density at radius 2 is 2.30 bits per heavy atom. The van der Waals surface area contributed by atoms with Gasteiger partial charge in [0.15, 0.2) is 0 Å². The van der Waals surface area contributed by atoms with Crippen LogP contribution in [0.3, 0.4) is 0 Å². The largest absolute Gasteiger partial charge is 0.480 e. The fourth-order valence-corrected chi connectivity index (χ4v) is 2.99. The summed E-state index contributed by atoms with van der Waals surface area (Å²) in [7, 11) is 0. The van der Waals surface area contributed by atoms with E-state index in [1.54, 1.807) is 6.92 Å². The summed E-state index contributed by atoms with van der Waals surface area (Å²) in [5.41, 5.74) is 0.869.